The predicted octanol–water partition coefficient (Wildman–Crippen LogP) is 1.46. The maximum absolute atomic E-state index is 12.8. The van der Waals surface area contributed by atoms with Crippen LogP contribution in [0.25, 0.3) is 0 Å². The van der Waals surface area contributed by atoms with Crippen LogP contribution in [-0.2, 0) is 9.59 Å². The summed E-state index contributed by atoms with van der Waals surface area (Å²) in [6, 6.07) is 0. The fourth-order valence-corrected chi connectivity index (χ4v) is 5.77. The van der Waals surface area contributed by atoms with Crippen molar-refractivity contribution in [3.8, 4) is 0 Å². The number of rotatable bonds is 2. The van der Waals surface area contributed by atoms with Crippen molar-refractivity contribution in [2.75, 3.05) is 0 Å². The fourth-order valence-electron chi connectivity index (χ4n) is 4.96. The SMILES string of the molecule is Cc1nc(C)c(C(=O)NN2C(=O)C3C4C=CC(C5CC45)C3C2=O)s1. The molecule has 6 rings (SSSR count). The van der Waals surface area contributed by atoms with Gasteiger partial charge in [-0.1, -0.05) is 12.2 Å². The lowest BCUT2D eigenvalue weighted by molar-refractivity contribution is -0.143. The number of aromatic nitrogens is 1. The molecule has 2 bridgehead atoms. The first-order valence-electron chi connectivity index (χ1n) is 8.28. The number of nitrogens with one attached hydrogen (secondary N) is 1. The highest BCUT2D eigenvalue weighted by molar-refractivity contribution is 7.13. The molecule has 6 nitrogen and oxygen atoms in total. The van der Waals surface area contributed by atoms with Gasteiger partial charge >= 0.3 is 0 Å². The Morgan fingerprint density at radius 3 is 2.25 bits per heavy atom. The van der Waals surface area contributed by atoms with Gasteiger partial charge in [-0.05, 0) is 43.9 Å². The first-order valence-corrected chi connectivity index (χ1v) is 9.10. The van der Waals surface area contributed by atoms with Gasteiger partial charge in [-0.2, -0.15) is 5.01 Å². The first kappa shape index (κ1) is 14.3. The van der Waals surface area contributed by atoms with Gasteiger partial charge in [-0.15, -0.1) is 11.3 Å². The van der Waals surface area contributed by atoms with E-state index < -0.39 is 5.91 Å². The summed E-state index contributed by atoms with van der Waals surface area (Å²) in [7, 11) is 0. The third-order valence-electron chi connectivity index (χ3n) is 5.99. The summed E-state index contributed by atoms with van der Waals surface area (Å²) in [5.74, 6) is -0.0685. The maximum Gasteiger partial charge on any atom is 0.282 e. The molecule has 0 spiro atoms. The van der Waals surface area contributed by atoms with Crippen LogP contribution in [0.3, 0.4) is 0 Å². The van der Waals surface area contributed by atoms with E-state index in [2.05, 4.69) is 22.6 Å². The Hall–Kier alpha value is -2.02. The second kappa shape index (κ2) is 4.53. The molecule has 6 unspecified atom stereocenters. The van der Waals surface area contributed by atoms with Crippen LogP contribution in [0.4, 0.5) is 0 Å². The molecule has 7 heteroatoms. The van der Waals surface area contributed by atoms with Gasteiger partial charge in [0, 0.05) is 0 Å². The standard InChI is InChI=1S/C17H17N3O3S/c1-6-14(24-7(2)18-6)15(21)19-20-16(22)12-8-3-4-9(11-5-10(8)11)13(12)17(20)23/h3-4,8-13H,5H2,1-2H3,(H,19,21). The van der Waals surface area contributed by atoms with E-state index in [1.54, 1.807) is 6.92 Å². The number of imide groups is 1. The minimum Gasteiger partial charge on any atom is -0.272 e. The van der Waals surface area contributed by atoms with Gasteiger partial charge in [0.15, 0.2) is 0 Å². The second-order valence-corrected chi connectivity index (χ2v) is 8.46. The molecular weight excluding hydrogens is 326 g/mol. The highest BCUT2D eigenvalue weighted by Gasteiger charge is 2.67. The maximum atomic E-state index is 12.8. The molecule has 1 aromatic heterocycles. The minimum absolute atomic E-state index is 0.163. The van der Waals surface area contributed by atoms with Gasteiger partial charge in [-0.25, -0.2) is 4.98 Å². The van der Waals surface area contributed by atoms with Crippen molar-refractivity contribution in [3.05, 3.63) is 27.7 Å². The normalized spacial score (nSPS) is 38.3. The van der Waals surface area contributed by atoms with E-state index in [0.29, 0.717) is 22.4 Å². The summed E-state index contributed by atoms with van der Waals surface area (Å²) in [5.41, 5.74) is 3.16. The number of aryl methyl sites for hydroxylation is 2. The number of allylic oxidation sites excluding steroid dienone is 2. The molecule has 1 saturated heterocycles. The van der Waals surface area contributed by atoms with Gasteiger partial charge in [-0.3, -0.25) is 19.8 Å². The monoisotopic (exact) mass is 343 g/mol. The zero-order chi connectivity index (χ0) is 16.7. The van der Waals surface area contributed by atoms with Crippen LogP contribution in [0.5, 0.6) is 0 Å². The molecule has 2 heterocycles. The highest BCUT2D eigenvalue weighted by Crippen LogP contribution is 2.65. The quantitative estimate of drug-likeness (QED) is 0.651. The molecule has 1 N–H and O–H groups in total. The molecule has 1 aromatic rings. The van der Waals surface area contributed by atoms with Gasteiger partial charge in [0.1, 0.15) is 4.88 Å². The molecule has 3 fully saturated rings. The second-order valence-electron chi connectivity index (χ2n) is 7.25. The zero-order valence-electron chi connectivity index (χ0n) is 13.4. The Bertz CT molecular complexity index is 793. The van der Waals surface area contributed by atoms with E-state index in [1.165, 1.54) is 11.3 Å². The van der Waals surface area contributed by atoms with Crippen LogP contribution in [0.1, 0.15) is 26.8 Å². The molecule has 1 aliphatic heterocycles. The van der Waals surface area contributed by atoms with Crippen LogP contribution in [0.2, 0.25) is 0 Å². The molecule has 4 aliphatic carbocycles. The third kappa shape index (κ3) is 1.70. The first-order chi connectivity index (χ1) is 11.5. The molecule has 0 aromatic carbocycles. The Morgan fingerprint density at radius 2 is 1.75 bits per heavy atom. The van der Waals surface area contributed by atoms with Crippen molar-refractivity contribution >= 4 is 29.1 Å². The Morgan fingerprint density at radius 1 is 1.17 bits per heavy atom. The summed E-state index contributed by atoms with van der Waals surface area (Å²) in [6.07, 6.45) is 5.36. The lowest BCUT2D eigenvalue weighted by atomic mass is 9.63. The molecular formula is C17H17N3O3S. The van der Waals surface area contributed by atoms with Crippen LogP contribution in [-0.4, -0.2) is 27.7 Å². The number of hydrazine groups is 1. The predicted molar refractivity (Wildman–Crippen MR) is 85.6 cm³/mol. The summed E-state index contributed by atoms with van der Waals surface area (Å²) in [6.45, 7) is 3.58. The lowest BCUT2D eigenvalue weighted by Crippen LogP contribution is -2.46. The molecule has 3 amide bonds. The Balaban J connectivity index is 1.42. The number of hydrogen-bond donors (Lipinski definition) is 1. The van der Waals surface area contributed by atoms with E-state index in [-0.39, 0.29) is 35.5 Å². The van der Waals surface area contributed by atoms with E-state index in [0.717, 1.165) is 16.4 Å². The Kier molecular flexibility index (Phi) is 2.71. The summed E-state index contributed by atoms with van der Waals surface area (Å²) in [4.78, 5) is 42.8. The van der Waals surface area contributed by atoms with Crippen LogP contribution < -0.4 is 5.43 Å². The molecule has 6 atom stereocenters. The minimum atomic E-state index is -0.427. The average molecular weight is 343 g/mol. The molecule has 5 aliphatic rings. The number of carbonyl (C=O) groups is 3. The number of nitrogens with zero attached hydrogens (tertiary/aromatic N) is 2. The fraction of sp³-hybridized carbons (Fsp3) is 0.529. The van der Waals surface area contributed by atoms with E-state index in [9.17, 15) is 14.4 Å². The van der Waals surface area contributed by atoms with Crippen LogP contribution in [0, 0.1) is 49.4 Å². The van der Waals surface area contributed by atoms with Crippen LogP contribution >= 0.6 is 11.3 Å². The Labute approximate surface area is 142 Å². The molecule has 2 saturated carbocycles. The zero-order valence-corrected chi connectivity index (χ0v) is 14.2. The van der Waals surface area contributed by atoms with Crippen molar-refractivity contribution < 1.29 is 14.4 Å². The van der Waals surface area contributed by atoms with Gasteiger partial charge in [0.25, 0.3) is 17.7 Å². The average Bonchev–Trinajstić information content (AvgIpc) is 3.26. The number of carbonyl (C=O) groups excluding carboxylic acids is 3. The smallest absolute Gasteiger partial charge is 0.272 e. The summed E-state index contributed by atoms with van der Waals surface area (Å²) < 4.78 is 0. The van der Waals surface area contributed by atoms with Crippen molar-refractivity contribution in [1.82, 2.24) is 15.4 Å². The van der Waals surface area contributed by atoms with E-state index in [1.807, 2.05) is 6.92 Å². The highest BCUT2D eigenvalue weighted by atomic mass is 32.1. The number of hydrogen-bond acceptors (Lipinski definition) is 5. The molecule has 24 heavy (non-hydrogen) atoms. The largest absolute Gasteiger partial charge is 0.282 e. The van der Waals surface area contributed by atoms with Gasteiger partial charge < -0.3 is 0 Å². The van der Waals surface area contributed by atoms with Crippen molar-refractivity contribution in [2.45, 2.75) is 20.3 Å². The van der Waals surface area contributed by atoms with Gasteiger partial charge in [0.05, 0.1) is 22.5 Å². The van der Waals surface area contributed by atoms with Crippen molar-refractivity contribution in [3.63, 3.8) is 0 Å². The van der Waals surface area contributed by atoms with E-state index in [4.69, 9.17) is 0 Å². The van der Waals surface area contributed by atoms with Crippen LogP contribution in [0.15, 0.2) is 12.2 Å². The number of thiazole rings is 1. The topological polar surface area (TPSA) is 79.4 Å². The molecule has 0 radical (unpaired) electrons. The van der Waals surface area contributed by atoms with E-state index >= 15 is 0 Å². The molecule has 124 valence electrons. The summed E-state index contributed by atoms with van der Waals surface area (Å²) in [5, 5.41) is 1.76. The van der Waals surface area contributed by atoms with Crippen molar-refractivity contribution in [1.29, 1.82) is 0 Å². The third-order valence-corrected chi connectivity index (χ3v) is 7.06. The lowest BCUT2D eigenvalue weighted by Gasteiger charge is -2.37. The van der Waals surface area contributed by atoms with Gasteiger partial charge in [0.2, 0.25) is 0 Å². The number of amides is 3. The van der Waals surface area contributed by atoms with Crippen molar-refractivity contribution in [2.24, 2.45) is 35.5 Å². The summed E-state index contributed by atoms with van der Waals surface area (Å²) >= 11 is 1.27.